The molecule has 0 unspecified atom stereocenters. The smallest absolute Gasteiger partial charge is 0.320 e. The van der Waals surface area contributed by atoms with Gasteiger partial charge in [0.15, 0.2) is 0 Å². The molecule has 0 atom stereocenters. The molecular formula is C11H19NO4. The maximum Gasteiger partial charge on any atom is 0.320 e. The van der Waals surface area contributed by atoms with Crippen molar-refractivity contribution in [3.8, 4) is 0 Å². The normalized spacial score (nSPS) is 24.7. The third kappa shape index (κ3) is 4.18. The summed E-state index contributed by atoms with van der Waals surface area (Å²) in [6.07, 6.45) is 1.19. The minimum atomic E-state index is -0.754. The average molecular weight is 229 g/mol. The Morgan fingerprint density at radius 3 is 2.38 bits per heavy atom. The SMILES string of the molecule is CC(C)(C)OC(=O)CNC1CC(C(=O)O)C1. The average Bonchev–Trinajstić information content (AvgIpc) is 1.96. The highest BCUT2D eigenvalue weighted by Crippen LogP contribution is 2.27. The van der Waals surface area contributed by atoms with Gasteiger partial charge in [-0.05, 0) is 33.6 Å². The molecule has 1 fully saturated rings. The van der Waals surface area contributed by atoms with Gasteiger partial charge in [-0.3, -0.25) is 9.59 Å². The van der Waals surface area contributed by atoms with Gasteiger partial charge in [0.2, 0.25) is 0 Å². The van der Waals surface area contributed by atoms with Crippen molar-refractivity contribution in [2.75, 3.05) is 6.54 Å². The van der Waals surface area contributed by atoms with Gasteiger partial charge >= 0.3 is 11.9 Å². The van der Waals surface area contributed by atoms with Crippen LogP contribution in [0.5, 0.6) is 0 Å². The Hall–Kier alpha value is -1.10. The molecule has 1 rings (SSSR count). The summed E-state index contributed by atoms with van der Waals surface area (Å²) >= 11 is 0. The van der Waals surface area contributed by atoms with Crippen molar-refractivity contribution < 1.29 is 19.4 Å². The molecule has 2 N–H and O–H groups in total. The Morgan fingerprint density at radius 2 is 1.94 bits per heavy atom. The number of carbonyl (C=O) groups excluding carboxylic acids is 1. The number of ether oxygens (including phenoxy) is 1. The van der Waals surface area contributed by atoms with Gasteiger partial charge in [0, 0.05) is 6.04 Å². The molecule has 1 aliphatic rings. The van der Waals surface area contributed by atoms with Crippen molar-refractivity contribution in [2.45, 2.75) is 45.3 Å². The Kier molecular flexibility index (Phi) is 3.91. The molecule has 0 aliphatic heterocycles. The maximum absolute atomic E-state index is 11.3. The number of carboxylic acid groups (broad SMARTS) is 1. The summed E-state index contributed by atoms with van der Waals surface area (Å²) in [7, 11) is 0. The van der Waals surface area contributed by atoms with Crippen LogP contribution >= 0.6 is 0 Å². The van der Waals surface area contributed by atoms with E-state index in [2.05, 4.69) is 5.32 Å². The second-order valence-corrected chi connectivity index (χ2v) is 5.17. The number of aliphatic carboxylic acids is 1. The van der Waals surface area contributed by atoms with E-state index < -0.39 is 11.6 Å². The summed E-state index contributed by atoms with van der Waals surface area (Å²) in [5.41, 5.74) is -0.470. The van der Waals surface area contributed by atoms with Gasteiger partial charge < -0.3 is 15.2 Å². The van der Waals surface area contributed by atoms with Crippen LogP contribution in [-0.4, -0.2) is 35.2 Å². The predicted octanol–water partition coefficient (Wildman–Crippen LogP) is 0.781. The molecule has 92 valence electrons. The van der Waals surface area contributed by atoms with Gasteiger partial charge in [-0.2, -0.15) is 0 Å². The molecule has 1 aliphatic carbocycles. The zero-order valence-electron chi connectivity index (χ0n) is 9.95. The number of hydrogen-bond acceptors (Lipinski definition) is 4. The summed E-state index contributed by atoms with van der Waals surface area (Å²) in [5, 5.41) is 11.7. The molecule has 1 saturated carbocycles. The van der Waals surface area contributed by atoms with E-state index in [9.17, 15) is 9.59 Å². The van der Waals surface area contributed by atoms with E-state index in [1.54, 1.807) is 0 Å². The van der Waals surface area contributed by atoms with Crippen molar-refractivity contribution in [3.05, 3.63) is 0 Å². The molecule has 16 heavy (non-hydrogen) atoms. The van der Waals surface area contributed by atoms with Crippen LogP contribution in [0.15, 0.2) is 0 Å². The van der Waals surface area contributed by atoms with Crippen molar-refractivity contribution in [1.29, 1.82) is 0 Å². The first-order valence-electron chi connectivity index (χ1n) is 5.46. The van der Waals surface area contributed by atoms with Crippen LogP contribution in [0.25, 0.3) is 0 Å². The van der Waals surface area contributed by atoms with Gasteiger partial charge in [0.05, 0.1) is 12.5 Å². The standard InChI is InChI=1S/C11H19NO4/c1-11(2,3)16-9(13)6-12-8-4-7(5-8)10(14)15/h7-8,12H,4-6H2,1-3H3,(H,14,15). The summed E-state index contributed by atoms with van der Waals surface area (Å²) in [5.74, 6) is -1.31. The van der Waals surface area contributed by atoms with Crippen LogP contribution in [-0.2, 0) is 14.3 Å². The maximum atomic E-state index is 11.3. The monoisotopic (exact) mass is 229 g/mol. The van der Waals surface area contributed by atoms with Crippen molar-refractivity contribution in [1.82, 2.24) is 5.32 Å². The number of rotatable bonds is 4. The first-order chi connectivity index (χ1) is 7.28. The van der Waals surface area contributed by atoms with Gasteiger partial charge in [0.25, 0.3) is 0 Å². The minimum absolute atomic E-state index is 0.133. The van der Waals surface area contributed by atoms with Gasteiger partial charge in [-0.25, -0.2) is 0 Å². The van der Waals surface area contributed by atoms with E-state index in [1.807, 2.05) is 20.8 Å². The zero-order chi connectivity index (χ0) is 12.3. The number of esters is 1. The lowest BCUT2D eigenvalue weighted by atomic mass is 9.80. The summed E-state index contributed by atoms with van der Waals surface area (Å²) in [4.78, 5) is 21.9. The molecule has 0 aromatic carbocycles. The highest BCUT2D eigenvalue weighted by atomic mass is 16.6. The predicted molar refractivity (Wildman–Crippen MR) is 58.0 cm³/mol. The second-order valence-electron chi connectivity index (χ2n) is 5.17. The fourth-order valence-electron chi connectivity index (χ4n) is 1.59. The summed E-state index contributed by atoms with van der Waals surface area (Å²) in [6, 6.07) is 0.133. The van der Waals surface area contributed by atoms with Crippen LogP contribution in [0.4, 0.5) is 0 Å². The lowest BCUT2D eigenvalue weighted by Crippen LogP contribution is -2.46. The highest BCUT2D eigenvalue weighted by Gasteiger charge is 2.34. The van der Waals surface area contributed by atoms with E-state index in [1.165, 1.54) is 0 Å². The molecule has 0 heterocycles. The van der Waals surface area contributed by atoms with Gasteiger partial charge in [-0.15, -0.1) is 0 Å². The van der Waals surface area contributed by atoms with Crippen molar-refractivity contribution in [2.24, 2.45) is 5.92 Å². The van der Waals surface area contributed by atoms with E-state index in [4.69, 9.17) is 9.84 Å². The van der Waals surface area contributed by atoms with Gasteiger partial charge in [0.1, 0.15) is 5.60 Å². The minimum Gasteiger partial charge on any atom is -0.481 e. The number of carbonyl (C=O) groups is 2. The molecule has 0 spiro atoms. The third-order valence-corrected chi connectivity index (χ3v) is 2.44. The zero-order valence-corrected chi connectivity index (χ0v) is 9.95. The Balaban J connectivity index is 2.13. The van der Waals surface area contributed by atoms with Crippen LogP contribution in [0.3, 0.4) is 0 Å². The molecule has 0 amide bonds. The largest absolute Gasteiger partial charge is 0.481 e. The molecule has 0 saturated heterocycles. The van der Waals surface area contributed by atoms with Crippen LogP contribution in [0.2, 0.25) is 0 Å². The lowest BCUT2D eigenvalue weighted by Gasteiger charge is -2.33. The first kappa shape index (κ1) is 13.0. The summed E-state index contributed by atoms with van der Waals surface area (Å²) in [6.45, 7) is 5.59. The molecule has 0 aromatic heterocycles. The molecular weight excluding hydrogens is 210 g/mol. The number of carboxylic acids is 1. The molecule has 5 heteroatoms. The van der Waals surface area contributed by atoms with E-state index >= 15 is 0 Å². The third-order valence-electron chi connectivity index (χ3n) is 2.44. The molecule has 0 radical (unpaired) electrons. The Labute approximate surface area is 95.2 Å². The van der Waals surface area contributed by atoms with E-state index in [-0.39, 0.29) is 24.5 Å². The second kappa shape index (κ2) is 4.82. The van der Waals surface area contributed by atoms with E-state index in [0.717, 1.165) is 0 Å². The van der Waals surface area contributed by atoms with Gasteiger partial charge in [-0.1, -0.05) is 0 Å². The fourth-order valence-corrected chi connectivity index (χ4v) is 1.59. The quantitative estimate of drug-likeness (QED) is 0.697. The highest BCUT2D eigenvalue weighted by molar-refractivity contribution is 5.73. The molecule has 0 bridgehead atoms. The Morgan fingerprint density at radius 1 is 1.38 bits per heavy atom. The topological polar surface area (TPSA) is 75.6 Å². The van der Waals surface area contributed by atoms with Crippen molar-refractivity contribution >= 4 is 11.9 Å². The first-order valence-corrected chi connectivity index (χ1v) is 5.46. The summed E-state index contributed by atoms with van der Waals surface area (Å²) < 4.78 is 5.11. The molecule has 0 aromatic rings. The van der Waals surface area contributed by atoms with Crippen LogP contribution in [0.1, 0.15) is 33.6 Å². The molecule has 5 nitrogen and oxygen atoms in total. The number of nitrogens with one attached hydrogen (secondary N) is 1. The van der Waals surface area contributed by atoms with E-state index in [0.29, 0.717) is 12.8 Å². The lowest BCUT2D eigenvalue weighted by molar-refractivity contribution is -0.154. The fraction of sp³-hybridized carbons (Fsp3) is 0.818. The van der Waals surface area contributed by atoms with Crippen LogP contribution in [0, 0.1) is 5.92 Å². The Bertz CT molecular complexity index is 276. The number of hydrogen-bond donors (Lipinski definition) is 2. The van der Waals surface area contributed by atoms with Crippen molar-refractivity contribution in [3.63, 3.8) is 0 Å². The van der Waals surface area contributed by atoms with Crippen LogP contribution < -0.4 is 5.32 Å².